The average Bonchev–Trinajstić information content (AvgIpc) is 2.92. The van der Waals surface area contributed by atoms with E-state index in [1.165, 1.54) is 6.07 Å². The number of furan rings is 1. The molecule has 0 spiro atoms. The van der Waals surface area contributed by atoms with Crippen LogP contribution >= 0.6 is 0 Å². The number of benzene rings is 1. The molecule has 0 radical (unpaired) electrons. The predicted molar refractivity (Wildman–Crippen MR) is 90.8 cm³/mol. The number of halogens is 3. The van der Waals surface area contributed by atoms with Crippen LogP contribution in [0, 0.1) is 13.8 Å². The molecule has 0 aliphatic rings. The van der Waals surface area contributed by atoms with E-state index in [4.69, 9.17) is 4.42 Å². The highest BCUT2D eigenvalue weighted by Crippen LogP contribution is 2.30. The molecule has 1 unspecified atom stereocenters. The lowest BCUT2D eigenvalue weighted by atomic mass is 10.1. The molecule has 2 rings (SSSR count). The molecule has 27 heavy (non-hydrogen) atoms. The highest BCUT2D eigenvalue weighted by atomic mass is 19.4. The summed E-state index contributed by atoms with van der Waals surface area (Å²) in [5.74, 6) is -0.904. The van der Waals surface area contributed by atoms with E-state index in [-0.39, 0.29) is 18.7 Å². The summed E-state index contributed by atoms with van der Waals surface area (Å²) in [7, 11) is 0. The molecule has 1 aromatic carbocycles. The van der Waals surface area contributed by atoms with Gasteiger partial charge in [0.15, 0.2) is 0 Å². The number of hydrogen-bond acceptors (Lipinski definition) is 4. The van der Waals surface area contributed by atoms with Crippen LogP contribution in [-0.2, 0) is 15.8 Å². The zero-order chi connectivity index (χ0) is 20.2. The minimum Gasteiger partial charge on any atom is -0.466 e. The molecule has 0 fully saturated rings. The molecule has 1 heterocycles. The quantitative estimate of drug-likeness (QED) is 0.691. The van der Waals surface area contributed by atoms with Gasteiger partial charge in [0, 0.05) is 17.8 Å². The lowest BCUT2D eigenvalue weighted by Crippen LogP contribution is -2.36. The molecule has 9 heteroatoms. The molecule has 0 saturated carbocycles. The van der Waals surface area contributed by atoms with Crippen molar-refractivity contribution < 1.29 is 32.3 Å². The lowest BCUT2D eigenvalue weighted by molar-refractivity contribution is -0.137. The van der Waals surface area contributed by atoms with E-state index in [0.717, 1.165) is 18.2 Å². The lowest BCUT2D eigenvalue weighted by Gasteiger charge is -2.11. The van der Waals surface area contributed by atoms with Crippen LogP contribution in [0.25, 0.3) is 0 Å². The van der Waals surface area contributed by atoms with Crippen molar-refractivity contribution in [2.24, 2.45) is 0 Å². The number of aryl methyl sites for hydroxylation is 2. The molecule has 0 bridgehead atoms. The van der Waals surface area contributed by atoms with Gasteiger partial charge in [-0.3, -0.25) is 9.59 Å². The van der Waals surface area contributed by atoms with Gasteiger partial charge in [-0.2, -0.15) is 13.2 Å². The highest BCUT2D eigenvalue weighted by molar-refractivity contribution is 6.39. The predicted octanol–water partition coefficient (Wildman–Crippen LogP) is 3.09. The average molecular weight is 384 g/mol. The van der Waals surface area contributed by atoms with Crippen molar-refractivity contribution in [3.63, 3.8) is 0 Å². The molecule has 1 atom stereocenters. The molecule has 2 aromatic rings. The molecule has 2 amide bonds. The third-order valence-electron chi connectivity index (χ3n) is 3.80. The Kier molecular flexibility index (Phi) is 6.27. The zero-order valence-electron chi connectivity index (χ0n) is 14.7. The molecule has 6 nitrogen and oxygen atoms in total. The van der Waals surface area contributed by atoms with Gasteiger partial charge in [0.05, 0.1) is 11.7 Å². The first-order valence-corrected chi connectivity index (χ1v) is 8.09. The number of carbonyl (C=O) groups is 2. The molecule has 1 aromatic heterocycles. The minimum absolute atomic E-state index is 0.000319. The van der Waals surface area contributed by atoms with Crippen molar-refractivity contribution in [1.29, 1.82) is 0 Å². The van der Waals surface area contributed by atoms with E-state index in [1.54, 1.807) is 19.9 Å². The Labute approximate surface area is 153 Å². The van der Waals surface area contributed by atoms with Crippen LogP contribution in [0.15, 0.2) is 34.7 Å². The number of nitrogens with one attached hydrogen (secondary N) is 2. The van der Waals surface area contributed by atoms with Crippen LogP contribution in [0.2, 0.25) is 0 Å². The Morgan fingerprint density at radius 2 is 1.89 bits per heavy atom. The second kappa shape index (κ2) is 8.26. The number of amides is 2. The van der Waals surface area contributed by atoms with Gasteiger partial charge in [0.2, 0.25) is 0 Å². The molecule has 3 N–H and O–H groups in total. The van der Waals surface area contributed by atoms with Gasteiger partial charge in [0.25, 0.3) is 0 Å². The summed E-state index contributed by atoms with van der Waals surface area (Å²) in [4.78, 5) is 23.6. The van der Waals surface area contributed by atoms with Crippen LogP contribution < -0.4 is 10.6 Å². The van der Waals surface area contributed by atoms with Crippen LogP contribution in [0.5, 0.6) is 0 Å². The monoisotopic (exact) mass is 384 g/mol. The molecule has 0 aliphatic heterocycles. The first-order valence-electron chi connectivity index (χ1n) is 8.09. The van der Waals surface area contributed by atoms with Gasteiger partial charge in [-0.15, -0.1) is 0 Å². The zero-order valence-corrected chi connectivity index (χ0v) is 14.7. The molecular formula is C18H19F3N2O4. The summed E-state index contributed by atoms with van der Waals surface area (Å²) in [6, 6.07) is 5.65. The number of rotatable bonds is 5. The number of carbonyl (C=O) groups excluding carboxylic acids is 2. The molecular weight excluding hydrogens is 365 g/mol. The number of anilines is 1. The van der Waals surface area contributed by atoms with Crippen molar-refractivity contribution in [3.8, 4) is 0 Å². The van der Waals surface area contributed by atoms with Crippen molar-refractivity contribution in [1.82, 2.24) is 5.32 Å². The second-order valence-corrected chi connectivity index (χ2v) is 5.96. The highest BCUT2D eigenvalue weighted by Gasteiger charge is 2.30. The second-order valence-electron chi connectivity index (χ2n) is 5.96. The smallest absolute Gasteiger partial charge is 0.416 e. The Balaban J connectivity index is 1.85. The van der Waals surface area contributed by atoms with Gasteiger partial charge in [-0.1, -0.05) is 6.07 Å². The van der Waals surface area contributed by atoms with E-state index in [0.29, 0.717) is 17.1 Å². The summed E-state index contributed by atoms with van der Waals surface area (Å²) in [5.41, 5.74) is -0.487. The van der Waals surface area contributed by atoms with Gasteiger partial charge < -0.3 is 20.2 Å². The van der Waals surface area contributed by atoms with Crippen molar-refractivity contribution in [2.45, 2.75) is 32.5 Å². The Morgan fingerprint density at radius 1 is 1.19 bits per heavy atom. The standard InChI is InChI=1S/C18H19F3N2O4/c1-10-8-14(11(2)27-10)15(24)6-7-22-16(25)17(26)23-13-5-3-4-12(9-13)18(19,20)21/h3-5,8-9,15,24H,6-7H2,1-2H3,(H,22,25)(H,23,26). The van der Waals surface area contributed by atoms with E-state index < -0.39 is 29.7 Å². The van der Waals surface area contributed by atoms with Gasteiger partial charge in [-0.05, 0) is 44.5 Å². The number of alkyl halides is 3. The van der Waals surface area contributed by atoms with Crippen molar-refractivity contribution in [2.75, 3.05) is 11.9 Å². The minimum atomic E-state index is -4.55. The maximum Gasteiger partial charge on any atom is 0.416 e. The van der Waals surface area contributed by atoms with E-state index >= 15 is 0 Å². The summed E-state index contributed by atoms with van der Waals surface area (Å²) >= 11 is 0. The van der Waals surface area contributed by atoms with E-state index in [2.05, 4.69) is 10.6 Å². The molecule has 0 aliphatic carbocycles. The van der Waals surface area contributed by atoms with Gasteiger partial charge >= 0.3 is 18.0 Å². The van der Waals surface area contributed by atoms with Crippen LogP contribution in [-0.4, -0.2) is 23.5 Å². The Hall–Kier alpha value is -2.81. The van der Waals surface area contributed by atoms with E-state index in [9.17, 15) is 27.9 Å². The fourth-order valence-electron chi connectivity index (χ4n) is 2.50. The number of hydrogen-bond donors (Lipinski definition) is 3. The summed E-state index contributed by atoms with van der Waals surface area (Å²) in [5, 5.41) is 14.5. The topological polar surface area (TPSA) is 91.6 Å². The maximum absolute atomic E-state index is 12.7. The van der Waals surface area contributed by atoms with Crippen molar-refractivity contribution >= 4 is 17.5 Å². The number of aliphatic hydroxyl groups excluding tert-OH is 1. The SMILES string of the molecule is Cc1cc(C(O)CCNC(=O)C(=O)Nc2cccc(C(F)(F)F)c2)c(C)o1. The number of aliphatic hydroxyl groups is 1. The third kappa shape index (κ3) is 5.58. The van der Waals surface area contributed by atoms with Crippen LogP contribution in [0.1, 0.15) is 35.2 Å². The Morgan fingerprint density at radius 3 is 2.48 bits per heavy atom. The van der Waals surface area contributed by atoms with Crippen molar-refractivity contribution in [3.05, 3.63) is 53.0 Å². The summed E-state index contributed by atoms with van der Waals surface area (Å²) in [6.07, 6.45) is -5.29. The largest absolute Gasteiger partial charge is 0.466 e. The maximum atomic E-state index is 12.7. The van der Waals surface area contributed by atoms with E-state index in [1.807, 2.05) is 0 Å². The third-order valence-corrected chi connectivity index (χ3v) is 3.80. The normalized spacial score (nSPS) is 12.5. The molecule has 146 valence electrons. The fraction of sp³-hybridized carbons (Fsp3) is 0.333. The van der Waals surface area contributed by atoms with Crippen LogP contribution in [0.4, 0.5) is 18.9 Å². The fourth-order valence-corrected chi connectivity index (χ4v) is 2.50. The first kappa shape index (κ1) is 20.5. The first-order chi connectivity index (χ1) is 12.6. The van der Waals surface area contributed by atoms with Gasteiger partial charge in [-0.25, -0.2) is 0 Å². The summed E-state index contributed by atoms with van der Waals surface area (Å²) in [6.45, 7) is 3.44. The van der Waals surface area contributed by atoms with Crippen LogP contribution in [0.3, 0.4) is 0 Å². The summed E-state index contributed by atoms with van der Waals surface area (Å²) < 4.78 is 43.3. The molecule has 0 saturated heterocycles. The van der Waals surface area contributed by atoms with Gasteiger partial charge in [0.1, 0.15) is 11.5 Å². The Bertz CT molecular complexity index is 830.